The summed E-state index contributed by atoms with van der Waals surface area (Å²) in [6, 6.07) is 0. The highest BCUT2D eigenvalue weighted by atomic mass is 79.9. The predicted octanol–water partition coefficient (Wildman–Crippen LogP) is 1.95. The molecule has 0 aromatic carbocycles. The van der Waals surface area contributed by atoms with Gasteiger partial charge in [0.15, 0.2) is 5.82 Å². The zero-order chi connectivity index (χ0) is 10.7. The average molecular weight is 285 g/mol. The van der Waals surface area contributed by atoms with E-state index in [1.807, 2.05) is 0 Å². The Morgan fingerprint density at radius 3 is 2.80 bits per heavy atom. The molecular formula is C8H5BrN4OS. The van der Waals surface area contributed by atoms with E-state index in [0.717, 1.165) is 0 Å². The van der Waals surface area contributed by atoms with E-state index < -0.39 is 0 Å². The molecule has 0 unspecified atom stereocenters. The molecule has 0 spiro atoms. The summed E-state index contributed by atoms with van der Waals surface area (Å²) < 4.78 is 0.620. The van der Waals surface area contributed by atoms with Gasteiger partial charge in [-0.15, -0.1) is 11.3 Å². The van der Waals surface area contributed by atoms with Gasteiger partial charge in [-0.1, -0.05) is 0 Å². The smallest absolute Gasteiger partial charge is 0.276 e. The number of rotatable bonds is 2. The number of aromatic nitrogens is 3. The van der Waals surface area contributed by atoms with Crippen LogP contribution in [0.1, 0.15) is 10.5 Å². The lowest BCUT2D eigenvalue weighted by atomic mass is 10.4. The van der Waals surface area contributed by atoms with Crippen molar-refractivity contribution in [1.29, 1.82) is 0 Å². The van der Waals surface area contributed by atoms with Gasteiger partial charge in [-0.25, -0.2) is 15.0 Å². The fraction of sp³-hybridized carbons (Fsp3) is 0. The number of hydrogen-bond donors (Lipinski definition) is 1. The third-order valence-electron chi connectivity index (χ3n) is 1.53. The molecule has 1 N–H and O–H groups in total. The van der Waals surface area contributed by atoms with Crippen molar-refractivity contribution in [3.05, 3.63) is 33.6 Å². The minimum absolute atomic E-state index is 0.284. The van der Waals surface area contributed by atoms with Crippen molar-refractivity contribution < 1.29 is 4.79 Å². The minimum atomic E-state index is -0.284. The molecule has 0 saturated carbocycles. The van der Waals surface area contributed by atoms with Gasteiger partial charge in [-0.05, 0) is 15.9 Å². The maximum Gasteiger partial charge on any atom is 0.276 e. The van der Waals surface area contributed by atoms with Gasteiger partial charge >= 0.3 is 0 Å². The fourth-order valence-electron chi connectivity index (χ4n) is 0.882. The Hall–Kier alpha value is -1.34. The Kier molecular flexibility index (Phi) is 3.02. The van der Waals surface area contributed by atoms with Gasteiger partial charge in [-0.2, -0.15) is 0 Å². The van der Waals surface area contributed by atoms with Crippen molar-refractivity contribution in [2.45, 2.75) is 0 Å². The van der Waals surface area contributed by atoms with Crippen LogP contribution in [0.5, 0.6) is 0 Å². The summed E-state index contributed by atoms with van der Waals surface area (Å²) >= 11 is 4.52. The number of amides is 1. The minimum Gasteiger partial charge on any atom is -0.304 e. The van der Waals surface area contributed by atoms with Crippen molar-refractivity contribution in [2.75, 3.05) is 5.32 Å². The first kappa shape index (κ1) is 10.2. The number of nitrogens with zero attached hydrogens (tertiary/aromatic N) is 3. The number of hydrogen-bond acceptors (Lipinski definition) is 5. The van der Waals surface area contributed by atoms with Crippen molar-refractivity contribution in [3.8, 4) is 0 Å². The summed E-state index contributed by atoms with van der Waals surface area (Å²) in [6.07, 6.45) is 2.98. The molecule has 15 heavy (non-hydrogen) atoms. The second-order valence-electron chi connectivity index (χ2n) is 2.55. The van der Waals surface area contributed by atoms with E-state index in [2.05, 4.69) is 36.2 Å². The Morgan fingerprint density at radius 1 is 1.33 bits per heavy atom. The van der Waals surface area contributed by atoms with Gasteiger partial charge in [0.25, 0.3) is 5.91 Å². The largest absolute Gasteiger partial charge is 0.304 e. The number of carbonyl (C=O) groups excluding carboxylic acids is 1. The van der Waals surface area contributed by atoms with Gasteiger partial charge in [0, 0.05) is 5.38 Å². The van der Waals surface area contributed by atoms with Crippen molar-refractivity contribution >= 4 is 39.0 Å². The van der Waals surface area contributed by atoms with Crippen LogP contribution in [-0.4, -0.2) is 20.9 Å². The van der Waals surface area contributed by atoms with Gasteiger partial charge in [0.1, 0.15) is 10.3 Å². The number of nitrogens with one attached hydrogen (secondary N) is 1. The summed E-state index contributed by atoms with van der Waals surface area (Å²) in [5.41, 5.74) is 1.98. The van der Waals surface area contributed by atoms with Crippen LogP contribution in [-0.2, 0) is 0 Å². The van der Waals surface area contributed by atoms with Crippen LogP contribution in [0.15, 0.2) is 27.9 Å². The summed E-state index contributed by atoms with van der Waals surface area (Å²) in [4.78, 5) is 23.3. The van der Waals surface area contributed by atoms with Crippen LogP contribution in [0.2, 0.25) is 0 Å². The zero-order valence-electron chi connectivity index (χ0n) is 7.35. The van der Waals surface area contributed by atoms with E-state index in [0.29, 0.717) is 16.1 Å². The molecule has 2 heterocycles. The maximum absolute atomic E-state index is 11.5. The number of carbonyl (C=O) groups is 1. The highest BCUT2D eigenvalue weighted by molar-refractivity contribution is 9.10. The maximum atomic E-state index is 11.5. The van der Waals surface area contributed by atoms with Gasteiger partial charge in [0.2, 0.25) is 0 Å². The Labute approximate surface area is 97.7 Å². The lowest BCUT2D eigenvalue weighted by Gasteiger charge is -2.00. The lowest BCUT2D eigenvalue weighted by Crippen LogP contribution is -2.13. The second kappa shape index (κ2) is 4.45. The van der Waals surface area contributed by atoms with Crippen LogP contribution in [0.3, 0.4) is 0 Å². The third-order valence-corrected chi connectivity index (χ3v) is 2.52. The third kappa shape index (κ3) is 2.57. The Balaban J connectivity index is 2.09. The number of thiazole rings is 1. The molecule has 7 heteroatoms. The van der Waals surface area contributed by atoms with Gasteiger partial charge in [-0.3, -0.25) is 4.79 Å². The molecule has 0 fully saturated rings. The average Bonchev–Trinajstić information content (AvgIpc) is 2.74. The molecule has 2 rings (SSSR count). The zero-order valence-corrected chi connectivity index (χ0v) is 9.75. The normalized spacial score (nSPS) is 9.93. The quantitative estimate of drug-likeness (QED) is 0.915. The van der Waals surface area contributed by atoms with Crippen molar-refractivity contribution in [1.82, 2.24) is 15.0 Å². The summed E-state index contributed by atoms with van der Waals surface area (Å²) in [5, 5.41) is 4.25. The lowest BCUT2D eigenvalue weighted by molar-refractivity contribution is 0.102. The first-order valence-corrected chi connectivity index (χ1v) is 5.66. The Bertz CT molecular complexity index is 456. The fourth-order valence-corrected chi connectivity index (χ4v) is 1.62. The van der Waals surface area contributed by atoms with Crippen LogP contribution in [0.4, 0.5) is 5.82 Å². The molecule has 5 nitrogen and oxygen atoms in total. The molecular weight excluding hydrogens is 280 g/mol. The SMILES string of the molecule is O=C(Nc1cnc(Br)cn1)c1cscn1. The van der Waals surface area contributed by atoms with E-state index in [1.165, 1.54) is 23.7 Å². The van der Waals surface area contributed by atoms with E-state index in [1.54, 1.807) is 10.9 Å². The number of anilines is 1. The molecule has 0 radical (unpaired) electrons. The van der Waals surface area contributed by atoms with Gasteiger partial charge < -0.3 is 5.32 Å². The van der Waals surface area contributed by atoms with Crippen LogP contribution in [0.25, 0.3) is 0 Å². The predicted molar refractivity (Wildman–Crippen MR) is 59.8 cm³/mol. The standard InChI is InChI=1S/C8H5BrN4OS/c9-6-1-11-7(2-10-6)13-8(14)5-3-15-4-12-5/h1-4H,(H,11,13,14). The highest BCUT2D eigenvalue weighted by Gasteiger charge is 2.08. The van der Waals surface area contributed by atoms with E-state index >= 15 is 0 Å². The molecule has 0 aliphatic rings. The van der Waals surface area contributed by atoms with Crippen molar-refractivity contribution in [3.63, 3.8) is 0 Å². The van der Waals surface area contributed by atoms with Crippen LogP contribution < -0.4 is 5.32 Å². The van der Waals surface area contributed by atoms with Crippen LogP contribution >= 0.6 is 27.3 Å². The molecule has 0 bridgehead atoms. The Morgan fingerprint density at radius 2 is 2.20 bits per heavy atom. The first-order chi connectivity index (χ1) is 7.25. The summed E-state index contributed by atoms with van der Waals surface area (Å²) in [7, 11) is 0. The molecule has 76 valence electrons. The second-order valence-corrected chi connectivity index (χ2v) is 4.08. The summed E-state index contributed by atoms with van der Waals surface area (Å²) in [5.74, 6) is 0.115. The molecule has 0 saturated heterocycles. The van der Waals surface area contributed by atoms with Crippen molar-refractivity contribution in [2.24, 2.45) is 0 Å². The van der Waals surface area contributed by atoms with E-state index in [9.17, 15) is 4.79 Å². The molecule has 0 aliphatic heterocycles. The monoisotopic (exact) mass is 284 g/mol. The molecule has 2 aromatic rings. The highest BCUT2D eigenvalue weighted by Crippen LogP contribution is 2.08. The molecule has 0 atom stereocenters. The number of halogens is 1. The molecule has 2 aromatic heterocycles. The summed E-state index contributed by atoms with van der Waals surface area (Å²) in [6.45, 7) is 0. The topological polar surface area (TPSA) is 67.8 Å². The van der Waals surface area contributed by atoms with Crippen LogP contribution in [0, 0.1) is 0 Å². The first-order valence-electron chi connectivity index (χ1n) is 3.93. The van der Waals surface area contributed by atoms with E-state index in [-0.39, 0.29) is 5.91 Å². The van der Waals surface area contributed by atoms with Gasteiger partial charge in [0.05, 0.1) is 17.9 Å². The molecule has 0 aliphatic carbocycles. The van der Waals surface area contributed by atoms with E-state index in [4.69, 9.17) is 0 Å². The molecule has 1 amide bonds.